The molecule has 0 saturated heterocycles. The molecule has 0 amide bonds. The van der Waals surface area contributed by atoms with Crippen LogP contribution < -0.4 is 4.74 Å². The number of ether oxygens (including phenoxy) is 1. The molecule has 1 aromatic carbocycles. The molecule has 0 aliphatic heterocycles. The molecule has 0 heterocycles. The highest BCUT2D eigenvalue weighted by Crippen LogP contribution is 2.45. The lowest BCUT2D eigenvalue weighted by Crippen LogP contribution is -2.26. The number of halogens is 3. The lowest BCUT2D eigenvalue weighted by molar-refractivity contribution is 0.136. The van der Waals surface area contributed by atoms with E-state index in [-0.39, 0.29) is 18.3 Å². The molecule has 0 N–H and O–H groups in total. The van der Waals surface area contributed by atoms with Crippen molar-refractivity contribution >= 4 is 0 Å². The summed E-state index contributed by atoms with van der Waals surface area (Å²) < 4.78 is 47.5. The molecule has 1 nitrogen and oxygen atoms in total. The molecule has 1 aromatic rings. The van der Waals surface area contributed by atoms with Crippen molar-refractivity contribution in [3.63, 3.8) is 0 Å². The molecule has 204 valence electrons. The van der Waals surface area contributed by atoms with Crippen molar-refractivity contribution in [1.82, 2.24) is 0 Å². The van der Waals surface area contributed by atoms with Crippen LogP contribution in [0.3, 0.4) is 0 Å². The van der Waals surface area contributed by atoms with E-state index >= 15 is 0 Å². The van der Waals surface area contributed by atoms with E-state index in [0.717, 1.165) is 49.4 Å². The maximum atomic E-state index is 14.7. The van der Waals surface area contributed by atoms with Crippen LogP contribution in [0.5, 0.6) is 5.75 Å². The van der Waals surface area contributed by atoms with Gasteiger partial charge in [0, 0.05) is 0 Å². The van der Waals surface area contributed by atoms with Crippen molar-refractivity contribution in [3.8, 4) is 5.75 Å². The van der Waals surface area contributed by atoms with Crippen molar-refractivity contribution in [2.24, 2.45) is 29.6 Å². The summed E-state index contributed by atoms with van der Waals surface area (Å²) in [6, 6.07) is 3.23. The van der Waals surface area contributed by atoms with Gasteiger partial charge in [0.15, 0.2) is 11.6 Å². The highest BCUT2D eigenvalue weighted by molar-refractivity contribution is 5.40. The van der Waals surface area contributed by atoms with Crippen LogP contribution in [0.4, 0.5) is 13.2 Å². The van der Waals surface area contributed by atoms with E-state index in [1.54, 1.807) is 19.1 Å². The van der Waals surface area contributed by atoms with E-state index in [4.69, 9.17) is 4.74 Å². The summed E-state index contributed by atoms with van der Waals surface area (Å²) in [6.45, 7) is 4.33. The second-order valence-corrected chi connectivity index (χ2v) is 12.3. The summed E-state index contributed by atoms with van der Waals surface area (Å²) in [7, 11) is 0. The minimum absolute atomic E-state index is 0.0401. The molecule has 36 heavy (non-hydrogen) atoms. The highest BCUT2D eigenvalue weighted by atomic mass is 19.3. The molecule has 0 unspecified atom stereocenters. The van der Waals surface area contributed by atoms with Crippen molar-refractivity contribution in [2.75, 3.05) is 6.61 Å². The van der Waals surface area contributed by atoms with Crippen molar-refractivity contribution < 1.29 is 17.9 Å². The lowest BCUT2D eigenvalue weighted by atomic mass is 9.68. The van der Waals surface area contributed by atoms with E-state index in [9.17, 15) is 13.2 Å². The summed E-state index contributed by atoms with van der Waals surface area (Å²) in [5.74, 6) is 3.71. The molecule has 4 heteroatoms. The first-order valence-corrected chi connectivity index (χ1v) is 15.2. The van der Waals surface area contributed by atoms with Crippen LogP contribution in [0.15, 0.2) is 12.1 Å². The highest BCUT2D eigenvalue weighted by Gasteiger charge is 2.32. The normalized spacial score (nSPS) is 31.5. The molecule has 0 aromatic heterocycles. The van der Waals surface area contributed by atoms with E-state index in [1.165, 1.54) is 77.0 Å². The Morgan fingerprint density at radius 1 is 0.722 bits per heavy atom. The predicted molar refractivity (Wildman–Crippen MR) is 142 cm³/mol. The minimum Gasteiger partial charge on any atom is -0.491 e. The maximum absolute atomic E-state index is 14.7. The van der Waals surface area contributed by atoms with Gasteiger partial charge in [0.2, 0.25) is 0 Å². The monoisotopic (exact) mass is 506 g/mol. The fraction of sp³-hybridized carbons (Fsp3) is 0.812. The molecule has 0 atom stereocenters. The van der Waals surface area contributed by atoms with Crippen LogP contribution >= 0.6 is 0 Å². The van der Waals surface area contributed by atoms with Crippen molar-refractivity contribution in [3.05, 3.63) is 29.1 Å². The molecular weight excluding hydrogens is 457 g/mol. The zero-order valence-electron chi connectivity index (χ0n) is 22.8. The van der Waals surface area contributed by atoms with Gasteiger partial charge in [-0.25, -0.2) is 13.2 Å². The Morgan fingerprint density at radius 2 is 1.22 bits per heavy atom. The Morgan fingerprint density at radius 3 is 1.69 bits per heavy atom. The first-order valence-electron chi connectivity index (χ1n) is 15.2. The van der Waals surface area contributed by atoms with Gasteiger partial charge in [-0.15, -0.1) is 0 Å². The van der Waals surface area contributed by atoms with Crippen molar-refractivity contribution in [1.29, 1.82) is 0 Å². The Bertz CT molecular complexity index is 785. The third-order valence-corrected chi connectivity index (χ3v) is 10.1. The first-order chi connectivity index (χ1) is 17.5. The molecular formula is C32H49F3O. The zero-order valence-corrected chi connectivity index (χ0v) is 22.8. The SMILES string of the molecule is CCCC1CCC(C2CCC(CCC3CCC(c4ccc(OCC)c(F)c4C(F)F)CC3)CC2)CC1. The fourth-order valence-corrected chi connectivity index (χ4v) is 7.97. The van der Waals surface area contributed by atoms with Gasteiger partial charge in [0.1, 0.15) is 0 Å². The van der Waals surface area contributed by atoms with Crippen LogP contribution in [0.2, 0.25) is 0 Å². The number of alkyl halides is 2. The quantitative estimate of drug-likeness (QED) is 0.307. The average Bonchev–Trinajstić information content (AvgIpc) is 2.90. The van der Waals surface area contributed by atoms with Gasteiger partial charge >= 0.3 is 0 Å². The zero-order chi connectivity index (χ0) is 25.5. The van der Waals surface area contributed by atoms with Crippen LogP contribution in [-0.4, -0.2) is 6.61 Å². The Hall–Kier alpha value is -1.19. The largest absolute Gasteiger partial charge is 0.491 e. The van der Waals surface area contributed by atoms with Gasteiger partial charge < -0.3 is 4.74 Å². The molecule has 0 spiro atoms. The fourth-order valence-electron chi connectivity index (χ4n) is 7.97. The number of hydrogen-bond acceptors (Lipinski definition) is 1. The standard InChI is InChI=1S/C32H49F3O/c1-3-5-22-8-14-25(15-9-22)26-16-10-23(11-17-26)6-7-24-12-18-27(19-13-24)28-20-21-29(36-4-2)31(33)30(28)32(34)35/h20-27,32H,3-19H2,1-2H3. The number of hydrogen-bond donors (Lipinski definition) is 0. The maximum Gasteiger partial charge on any atom is 0.267 e. The number of benzene rings is 1. The lowest BCUT2D eigenvalue weighted by Gasteiger charge is -2.38. The Balaban J connectivity index is 1.19. The van der Waals surface area contributed by atoms with Crippen molar-refractivity contribution in [2.45, 2.75) is 129 Å². The second-order valence-electron chi connectivity index (χ2n) is 12.3. The first kappa shape index (κ1) is 27.8. The molecule has 4 rings (SSSR count). The minimum atomic E-state index is -2.81. The summed E-state index contributed by atoms with van der Waals surface area (Å²) >= 11 is 0. The van der Waals surface area contributed by atoms with Gasteiger partial charge in [-0.05, 0) is 105 Å². The molecule has 3 aliphatic carbocycles. The third-order valence-electron chi connectivity index (χ3n) is 10.1. The predicted octanol–water partition coefficient (Wildman–Crippen LogP) is 10.6. The third kappa shape index (κ3) is 7.01. The van der Waals surface area contributed by atoms with Crippen LogP contribution in [0.1, 0.15) is 140 Å². The summed E-state index contributed by atoms with van der Waals surface area (Å²) in [6.07, 6.45) is 18.2. The van der Waals surface area contributed by atoms with Crippen LogP contribution in [0.25, 0.3) is 0 Å². The van der Waals surface area contributed by atoms with Gasteiger partial charge in [0.05, 0.1) is 12.2 Å². The Kier molecular flexibility index (Phi) is 10.5. The van der Waals surface area contributed by atoms with Gasteiger partial charge in [-0.2, -0.15) is 0 Å². The average molecular weight is 507 g/mol. The summed E-state index contributed by atoms with van der Waals surface area (Å²) in [4.78, 5) is 0. The Labute approximate surface area is 218 Å². The number of rotatable bonds is 10. The molecule has 3 aliphatic rings. The topological polar surface area (TPSA) is 9.23 Å². The van der Waals surface area contributed by atoms with Crippen LogP contribution in [-0.2, 0) is 0 Å². The van der Waals surface area contributed by atoms with E-state index in [2.05, 4.69) is 6.92 Å². The summed E-state index contributed by atoms with van der Waals surface area (Å²) in [5.41, 5.74) is 0.0754. The van der Waals surface area contributed by atoms with Gasteiger partial charge in [-0.1, -0.05) is 64.4 Å². The summed E-state index contributed by atoms with van der Waals surface area (Å²) in [5, 5.41) is 0. The van der Waals surface area contributed by atoms with Crippen LogP contribution in [0, 0.1) is 35.4 Å². The molecule has 3 fully saturated rings. The van der Waals surface area contributed by atoms with E-state index in [0.29, 0.717) is 11.5 Å². The van der Waals surface area contributed by atoms with Gasteiger partial charge in [-0.3, -0.25) is 0 Å². The van der Waals surface area contributed by atoms with E-state index < -0.39 is 17.8 Å². The smallest absolute Gasteiger partial charge is 0.267 e. The van der Waals surface area contributed by atoms with E-state index in [1.807, 2.05) is 0 Å². The van der Waals surface area contributed by atoms with Gasteiger partial charge in [0.25, 0.3) is 6.43 Å². The second kappa shape index (κ2) is 13.6. The molecule has 3 saturated carbocycles. The molecule has 0 radical (unpaired) electrons. The molecule has 0 bridgehead atoms.